The minimum absolute atomic E-state index is 0.0681. The second-order valence-corrected chi connectivity index (χ2v) is 12.2. The highest BCUT2D eigenvalue weighted by molar-refractivity contribution is 7.92. The fourth-order valence-corrected chi connectivity index (χ4v) is 6.13. The molecule has 4 aromatic rings. The molecule has 0 aliphatic heterocycles. The molecule has 42 heavy (non-hydrogen) atoms. The molecular formula is C33H34ClN3O4S. The molecule has 7 nitrogen and oxygen atoms in total. The van der Waals surface area contributed by atoms with Crippen LogP contribution in [0.1, 0.15) is 23.6 Å². The Labute approximate surface area is 252 Å². The van der Waals surface area contributed by atoms with Gasteiger partial charge in [-0.3, -0.25) is 13.9 Å². The van der Waals surface area contributed by atoms with E-state index in [1.54, 1.807) is 66.7 Å². The van der Waals surface area contributed by atoms with E-state index in [0.717, 1.165) is 21.0 Å². The van der Waals surface area contributed by atoms with Crippen LogP contribution in [0.2, 0.25) is 5.02 Å². The molecule has 218 valence electrons. The van der Waals surface area contributed by atoms with Crippen molar-refractivity contribution in [2.24, 2.45) is 0 Å². The number of nitrogens with one attached hydrogen (secondary N) is 1. The van der Waals surface area contributed by atoms with Crippen molar-refractivity contribution in [3.63, 3.8) is 0 Å². The van der Waals surface area contributed by atoms with Gasteiger partial charge in [-0.2, -0.15) is 0 Å². The first-order valence-corrected chi connectivity index (χ1v) is 15.5. The fraction of sp³-hybridized carbons (Fsp3) is 0.212. The molecule has 0 aliphatic carbocycles. The van der Waals surface area contributed by atoms with Crippen LogP contribution in [-0.2, 0) is 32.6 Å². The fourth-order valence-electron chi connectivity index (χ4n) is 4.59. The van der Waals surface area contributed by atoms with Crippen molar-refractivity contribution in [3.8, 4) is 0 Å². The molecule has 0 spiro atoms. The lowest BCUT2D eigenvalue weighted by Crippen LogP contribution is -2.53. The van der Waals surface area contributed by atoms with Crippen LogP contribution >= 0.6 is 11.6 Å². The third kappa shape index (κ3) is 7.78. The van der Waals surface area contributed by atoms with E-state index in [-0.39, 0.29) is 23.8 Å². The van der Waals surface area contributed by atoms with E-state index in [4.69, 9.17) is 11.6 Å². The lowest BCUT2D eigenvalue weighted by atomic mass is 10.0. The number of halogens is 1. The van der Waals surface area contributed by atoms with Crippen LogP contribution in [0.5, 0.6) is 0 Å². The summed E-state index contributed by atoms with van der Waals surface area (Å²) < 4.78 is 29.0. The van der Waals surface area contributed by atoms with Crippen molar-refractivity contribution in [3.05, 3.63) is 131 Å². The molecule has 4 aromatic carbocycles. The topological polar surface area (TPSA) is 86.8 Å². The minimum atomic E-state index is -4.13. The summed E-state index contributed by atoms with van der Waals surface area (Å²) in [6.45, 7) is 3.65. The van der Waals surface area contributed by atoms with Gasteiger partial charge >= 0.3 is 0 Å². The first-order valence-electron chi connectivity index (χ1n) is 13.7. The number of likely N-dealkylation sites (N-methyl/N-ethyl adjacent to an activating group) is 1. The van der Waals surface area contributed by atoms with Gasteiger partial charge in [0.15, 0.2) is 0 Å². The number of benzene rings is 4. The van der Waals surface area contributed by atoms with Gasteiger partial charge in [0.25, 0.3) is 10.0 Å². The predicted octanol–water partition coefficient (Wildman–Crippen LogP) is 5.62. The van der Waals surface area contributed by atoms with E-state index in [1.807, 2.05) is 44.2 Å². The zero-order valence-corrected chi connectivity index (χ0v) is 25.2. The Hall–Kier alpha value is -4.14. The SMILES string of the molecule is CCNC(=O)C(Cc1ccccc1)N(Cc1ccc(Cl)cc1)C(=O)CN(c1ccccc1)S(=O)(=O)c1ccc(C)cc1. The molecule has 0 saturated heterocycles. The Kier molecular flexibility index (Phi) is 10.4. The highest BCUT2D eigenvalue weighted by Gasteiger charge is 2.34. The highest BCUT2D eigenvalue weighted by atomic mass is 35.5. The number of hydrogen-bond acceptors (Lipinski definition) is 4. The van der Waals surface area contributed by atoms with Crippen molar-refractivity contribution in [1.29, 1.82) is 0 Å². The predicted molar refractivity (Wildman–Crippen MR) is 167 cm³/mol. The molecule has 2 amide bonds. The average molecular weight is 604 g/mol. The molecule has 0 saturated carbocycles. The number of rotatable bonds is 12. The number of amides is 2. The number of aryl methyl sites for hydroxylation is 1. The Morgan fingerprint density at radius 2 is 1.40 bits per heavy atom. The lowest BCUT2D eigenvalue weighted by Gasteiger charge is -2.33. The molecule has 9 heteroatoms. The maximum atomic E-state index is 14.3. The highest BCUT2D eigenvalue weighted by Crippen LogP contribution is 2.25. The minimum Gasteiger partial charge on any atom is -0.355 e. The zero-order chi connectivity index (χ0) is 30.1. The molecule has 0 heterocycles. The van der Waals surface area contributed by atoms with Crippen LogP contribution in [0.15, 0.2) is 114 Å². The summed E-state index contributed by atoms with van der Waals surface area (Å²) in [4.78, 5) is 29.3. The van der Waals surface area contributed by atoms with Gasteiger partial charge in [-0.15, -0.1) is 0 Å². The number of anilines is 1. The number of carbonyl (C=O) groups excluding carboxylic acids is 2. The molecular weight excluding hydrogens is 570 g/mol. The Morgan fingerprint density at radius 3 is 2.00 bits per heavy atom. The number of nitrogens with zero attached hydrogens (tertiary/aromatic N) is 2. The van der Waals surface area contributed by atoms with E-state index < -0.39 is 28.5 Å². The van der Waals surface area contributed by atoms with Gasteiger partial charge in [0.2, 0.25) is 11.8 Å². The molecule has 0 fully saturated rings. The van der Waals surface area contributed by atoms with Crippen molar-refractivity contribution in [1.82, 2.24) is 10.2 Å². The van der Waals surface area contributed by atoms with Gasteiger partial charge < -0.3 is 10.2 Å². The van der Waals surface area contributed by atoms with Crippen molar-refractivity contribution in [2.45, 2.75) is 37.8 Å². The second-order valence-electron chi connectivity index (χ2n) is 9.91. The van der Waals surface area contributed by atoms with Gasteiger partial charge in [-0.25, -0.2) is 8.42 Å². The largest absolute Gasteiger partial charge is 0.355 e. The van der Waals surface area contributed by atoms with Crippen molar-refractivity contribution < 1.29 is 18.0 Å². The van der Waals surface area contributed by atoms with E-state index in [0.29, 0.717) is 17.3 Å². The molecule has 0 aromatic heterocycles. The van der Waals surface area contributed by atoms with E-state index in [9.17, 15) is 18.0 Å². The number of sulfonamides is 1. The van der Waals surface area contributed by atoms with Gasteiger partial charge in [0, 0.05) is 24.5 Å². The molecule has 0 aliphatic rings. The molecule has 0 bridgehead atoms. The van der Waals surface area contributed by atoms with Gasteiger partial charge in [-0.05, 0) is 61.4 Å². The summed E-state index contributed by atoms with van der Waals surface area (Å²) >= 11 is 6.11. The van der Waals surface area contributed by atoms with Crippen LogP contribution in [0, 0.1) is 6.92 Å². The standard InChI is InChI=1S/C33H34ClN3O4S/c1-3-35-33(39)31(22-26-10-6-4-7-11-26)36(23-27-16-18-28(34)19-17-27)32(38)24-37(29-12-8-5-9-13-29)42(40,41)30-20-14-25(2)15-21-30/h4-21,31H,3,22-24H2,1-2H3,(H,35,39). The molecule has 1 unspecified atom stereocenters. The quantitative estimate of drug-likeness (QED) is 0.228. The van der Waals surface area contributed by atoms with E-state index >= 15 is 0 Å². The summed E-state index contributed by atoms with van der Waals surface area (Å²) in [6.07, 6.45) is 0.252. The summed E-state index contributed by atoms with van der Waals surface area (Å²) in [5.41, 5.74) is 2.88. The van der Waals surface area contributed by atoms with Crippen LogP contribution in [0.4, 0.5) is 5.69 Å². The Morgan fingerprint density at radius 1 is 0.810 bits per heavy atom. The molecule has 1 atom stereocenters. The maximum absolute atomic E-state index is 14.3. The average Bonchev–Trinajstić information content (AvgIpc) is 2.99. The van der Waals surface area contributed by atoms with Crippen LogP contribution in [-0.4, -0.2) is 44.3 Å². The first kappa shape index (κ1) is 30.8. The van der Waals surface area contributed by atoms with Crippen LogP contribution in [0.3, 0.4) is 0 Å². The third-order valence-corrected chi connectivity index (χ3v) is 8.86. The third-order valence-electron chi connectivity index (χ3n) is 6.82. The zero-order valence-electron chi connectivity index (χ0n) is 23.6. The van der Waals surface area contributed by atoms with E-state index in [1.165, 1.54) is 17.0 Å². The molecule has 1 N–H and O–H groups in total. The van der Waals surface area contributed by atoms with Gasteiger partial charge in [0.05, 0.1) is 10.6 Å². The number of hydrogen-bond donors (Lipinski definition) is 1. The summed E-state index contributed by atoms with van der Waals surface area (Å²) in [6, 6.07) is 30.6. The Balaban J connectivity index is 1.77. The smallest absolute Gasteiger partial charge is 0.264 e. The monoisotopic (exact) mass is 603 g/mol. The summed E-state index contributed by atoms with van der Waals surface area (Å²) in [7, 11) is -4.13. The normalized spacial score (nSPS) is 11.9. The van der Waals surface area contributed by atoms with Crippen LogP contribution < -0.4 is 9.62 Å². The van der Waals surface area contributed by atoms with E-state index in [2.05, 4.69) is 5.32 Å². The molecule has 0 radical (unpaired) electrons. The first-order chi connectivity index (χ1) is 20.2. The van der Waals surface area contributed by atoms with Crippen molar-refractivity contribution >= 4 is 39.1 Å². The molecule has 4 rings (SSSR count). The van der Waals surface area contributed by atoms with Gasteiger partial charge in [-0.1, -0.05) is 90.0 Å². The number of para-hydroxylation sites is 1. The van der Waals surface area contributed by atoms with Crippen molar-refractivity contribution in [2.75, 3.05) is 17.4 Å². The maximum Gasteiger partial charge on any atom is 0.264 e. The second kappa shape index (κ2) is 14.2. The lowest BCUT2D eigenvalue weighted by molar-refractivity contribution is -0.140. The van der Waals surface area contributed by atoms with Crippen LogP contribution in [0.25, 0.3) is 0 Å². The van der Waals surface area contributed by atoms with Gasteiger partial charge in [0.1, 0.15) is 12.6 Å². The number of carbonyl (C=O) groups is 2. The summed E-state index contributed by atoms with van der Waals surface area (Å²) in [5, 5.41) is 3.40. The summed E-state index contributed by atoms with van der Waals surface area (Å²) in [5.74, 6) is -0.840. The Bertz CT molecular complexity index is 1580.